The topological polar surface area (TPSA) is 57.8 Å². The Balaban J connectivity index is 1.48. The molecule has 4 aromatic rings. The number of carbonyl (C=O) groups is 1. The number of para-hydroxylation sites is 1. The molecule has 0 fully saturated rings. The molecule has 0 saturated carbocycles. The molecule has 0 spiro atoms. The number of aromatic nitrogens is 2. The molecule has 124 valence electrons. The monoisotopic (exact) mass is 347 g/mol. The number of aryl methyl sites for hydroxylation is 1. The van der Waals surface area contributed by atoms with Crippen molar-refractivity contribution in [3.63, 3.8) is 0 Å². The molecule has 1 amide bonds. The van der Waals surface area contributed by atoms with Crippen molar-refractivity contribution in [1.29, 1.82) is 0 Å². The number of rotatable bonds is 4. The van der Waals surface area contributed by atoms with Gasteiger partial charge in [0.2, 0.25) is 0 Å². The summed E-state index contributed by atoms with van der Waals surface area (Å²) in [6.45, 7) is 2.54. The smallest absolute Gasteiger partial charge is 0.271 e. The van der Waals surface area contributed by atoms with E-state index in [2.05, 4.69) is 27.4 Å². The standard InChI is InChI=1S/C20H17N3OS/c1-13-6-8-14(9-7-13)11-21-19(24)18-12-25-20(23-18)17-10-15-4-2-3-5-16(15)22-17/h2-10,12,22H,11H2,1H3,(H,21,24). The van der Waals surface area contributed by atoms with Crippen LogP contribution in [0.1, 0.15) is 21.6 Å². The number of nitrogens with one attached hydrogen (secondary N) is 2. The maximum Gasteiger partial charge on any atom is 0.271 e. The SMILES string of the molecule is Cc1ccc(CNC(=O)c2csc(-c3cc4ccccc4[nH]3)n2)cc1. The fraction of sp³-hybridized carbons (Fsp3) is 0.100. The minimum absolute atomic E-state index is 0.154. The molecule has 0 radical (unpaired) electrons. The first-order valence-electron chi connectivity index (χ1n) is 8.06. The van der Waals surface area contributed by atoms with Crippen molar-refractivity contribution < 1.29 is 4.79 Å². The molecular formula is C20H17N3OS. The molecule has 0 bridgehead atoms. The van der Waals surface area contributed by atoms with Crippen LogP contribution in [0.25, 0.3) is 21.6 Å². The summed E-state index contributed by atoms with van der Waals surface area (Å²) < 4.78 is 0. The Morgan fingerprint density at radius 1 is 1.16 bits per heavy atom. The molecule has 2 heterocycles. The first-order valence-corrected chi connectivity index (χ1v) is 8.94. The zero-order valence-corrected chi connectivity index (χ0v) is 14.6. The number of hydrogen-bond donors (Lipinski definition) is 2. The molecule has 0 atom stereocenters. The summed E-state index contributed by atoms with van der Waals surface area (Å²) in [5, 5.41) is 6.67. The van der Waals surface area contributed by atoms with Gasteiger partial charge in [0.25, 0.3) is 5.91 Å². The van der Waals surface area contributed by atoms with Gasteiger partial charge in [-0.3, -0.25) is 4.79 Å². The summed E-state index contributed by atoms with van der Waals surface area (Å²) >= 11 is 1.47. The molecule has 4 rings (SSSR count). The zero-order valence-electron chi connectivity index (χ0n) is 13.7. The van der Waals surface area contributed by atoms with Crippen molar-refractivity contribution in [2.45, 2.75) is 13.5 Å². The predicted molar refractivity (Wildman–Crippen MR) is 102 cm³/mol. The lowest BCUT2D eigenvalue weighted by molar-refractivity contribution is 0.0946. The molecule has 4 nitrogen and oxygen atoms in total. The maximum absolute atomic E-state index is 12.3. The van der Waals surface area contributed by atoms with Crippen LogP contribution in [0.15, 0.2) is 60.0 Å². The quantitative estimate of drug-likeness (QED) is 0.570. The first kappa shape index (κ1) is 15.6. The van der Waals surface area contributed by atoms with E-state index < -0.39 is 0 Å². The molecule has 2 aromatic heterocycles. The second kappa shape index (κ2) is 6.53. The van der Waals surface area contributed by atoms with E-state index in [1.807, 2.05) is 49.4 Å². The van der Waals surface area contributed by atoms with Crippen LogP contribution >= 0.6 is 11.3 Å². The number of benzene rings is 2. The maximum atomic E-state index is 12.3. The van der Waals surface area contributed by atoms with Gasteiger partial charge in [0.15, 0.2) is 0 Å². The van der Waals surface area contributed by atoms with Gasteiger partial charge in [-0.25, -0.2) is 4.98 Å². The van der Waals surface area contributed by atoms with E-state index in [1.54, 1.807) is 5.38 Å². The highest BCUT2D eigenvalue weighted by atomic mass is 32.1. The van der Waals surface area contributed by atoms with Crippen LogP contribution in [-0.2, 0) is 6.54 Å². The van der Waals surface area contributed by atoms with Crippen molar-refractivity contribution in [3.8, 4) is 10.7 Å². The van der Waals surface area contributed by atoms with E-state index in [-0.39, 0.29) is 5.91 Å². The highest BCUT2D eigenvalue weighted by Gasteiger charge is 2.13. The third-order valence-electron chi connectivity index (χ3n) is 4.07. The molecular weight excluding hydrogens is 330 g/mol. The molecule has 5 heteroatoms. The van der Waals surface area contributed by atoms with Gasteiger partial charge >= 0.3 is 0 Å². The molecule has 0 aliphatic carbocycles. The minimum atomic E-state index is -0.154. The Bertz CT molecular complexity index is 997. The molecule has 2 N–H and O–H groups in total. The number of carbonyl (C=O) groups excluding carboxylic acids is 1. The third kappa shape index (κ3) is 3.32. The number of fused-ring (bicyclic) bond motifs is 1. The fourth-order valence-corrected chi connectivity index (χ4v) is 3.44. The highest BCUT2D eigenvalue weighted by Crippen LogP contribution is 2.26. The van der Waals surface area contributed by atoms with Crippen LogP contribution < -0.4 is 5.32 Å². The average molecular weight is 347 g/mol. The number of hydrogen-bond acceptors (Lipinski definition) is 3. The summed E-state index contributed by atoms with van der Waals surface area (Å²) in [5.74, 6) is -0.154. The zero-order chi connectivity index (χ0) is 17.2. The van der Waals surface area contributed by atoms with Crippen LogP contribution in [-0.4, -0.2) is 15.9 Å². The fourth-order valence-electron chi connectivity index (χ4n) is 2.67. The minimum Gasteiger partial charge on any atom is -0.353 e. The van der Waals surface area contributed by atoms with E-state index in [4.69, 9.17) is 0 Å². The lowest BCUT2D eigenvalue weighted by atomic mass is 10.1. The summed E-state index contributed by atoms with van der Waals surface area (Å²) in [6, 6.07) is 18.3. The summed E-state index contributed by atoms with van der Waals surface area (Å²) in [5.41, 5.74) is 4.73. The lowest BCUT2D eigenvalue weighted by Crippen LogP contribution is -2.23. The largest absolute Gasteiger partial charge is 0.353 e. The van der Waals surface area contributed by atoms with Crippen LogP contribution in [0.4, 0.5) is 0 Å². The van der Waals surface area contributed by atoms with E-state index >= 15 is 0 Å². The highest BCUT2D eigenvalue weighted by molar-refractivity contribution is 7.13. The second-order valence-corrected chi connectivity index (χ2v) is 6.83. The third-order valence-corrected chi connectivity index (χ3v) is 4.95. The van der Waals surface area contributed by atoms with Crippen molar-refractivity contribution in [3.05, 3.63) is 76.8 Å². The van der Waals surface area contributed by atoms with Crippen molar-refractivity contribution in [1.82, 2.24) is 15.3 Å². The Hall–Kier alpha value is -2.92. The van der Waals surface area contributed by atoms with Gasteiger partial charge in [0.1, 0.15) is 10.7 Å². The molecule has 25 heavy (non-hydrogen) atoms. The number of aromatic amines is 1. The second-order valence-electron chi connectivity index (χ2n) is 5.98. The Morgan fingerprint density at radius 2 is 1.96 bits per heavy atom. The van der Waals surface area contributed by atoms with Crippen LogP contribution in [0.5, 0.6) is 0 Å². The number of amides is 1. The van der Waals surface area contributed by atoms with Gasteiger partial charge in [-0.2, -0.15) is 0 Å². The normalized spacial score (nSPS) is 10.9. The van der Waals surface area contributed by atoms with Crippen LogP contribution in [0.3, 0.4) is 0 Å². The van der Waals surface area contributed by atoms with Crippen molar-refractivity contribution in [2.75, 3.05) is 0 Å². The average Bonchev–Trinajstić information content (AvgIpc) is 3.27. The van der Waals surface area contributed by atoms with Crippen molar-refractivity contribution >= 4 is 28.1 Å². The van der Waals surface area contributed by atoms with E-state index in [0.29, 0.717) is 12.2 Å². The molecule has 0 aliphatic heterocycles. The Morgan fingerprint density at radius 3 is 2.76 bits per heavy atom. The van der Waals surface area contributed by atoms with Crippen LogP contribution in [0.2, 0.25) is 0 Å². The molecule has 0 saturated heterocycles. The molecule has 0 unspecified atom stereocenters. The van der Waals surface area contributed by atoms with E-state index in [1.165, 1.54) is 16.9 Å². The van der Waals surface area contributed by atoms with Gasteiger partial charge in [0.05, 0.1) is 5.69 Å². The molecule has 2 aromatic carbocycles. The van der Waals surface area contributed by atoms with Gasteiger partial charge in [0, 0.05) is 22.8 Å². The van der Waals surface area contributed by atoms with Gasteiger partial charge in [-0.05, 0) is 24.6 Å². The Kier molecular flexibility index (Phi) is 4.07. The summed E-state index contributed by atoms with van der Waals surface area (Å²) in [4.78, 5) is 20.1. The lowest BCUT2D eigenvalue weighted by Gasteiger charge is -2.03. The van der Waals surface area contributed by atoms with Gasteiger partial charge in [-0.15, -0.1) is 11.3 Å². The summed E-state index contributed by atoms with van der Waals surface area (Å²) in [6.07, 6.45) is 0. The van der Waals surface area contributed by atoms with Gasteiger partial charge in [-0.1, -0.05) is 48.0 Å². The van der Waals surface area contributed by atoms with E-state index in [9.17, 15) is 4.79 Å². The first-order chi connectivity index (χ1) is 12.2. The molecule has 0 aliphatic rings. The summed E-state index contributed by atoms with van der Waals surface area (Å²) in [7, 11) is 0. The van der Waals surface area contributed by atoms with Crippen LogP contribution in [0, 0.1) is 6.92 Å². The number of thiazole rings is 1. The number of nitrogens with zero attached hydrogens (tertiary/aromatic N) is 1. The van der Waals surface area contributed by atoms with Crippen molar-refractivity contribution in [2.24, 2.45) is 0 Å². The number of H-pyrrole nitrogens is 1. The predicted octanol–water partition coefficient (Wildman–Crippen LogP) is 4.53. The van der Waals surface area contributed by atoms with E-state index in [0.717, 1.165) is 27.2 Å². The Labute approximate surface area is 149 Å². The van der Waals surface area contributed by atoms with Gasteiger partial charge < -0.3 is 10.3 Å².